The Morgan fingerprint density at radius 3 is 2.55 bits per heavy atom. The number of aliphatic hydroxyl groups is 1. The summed E-state index contributed by atoms with van der Waals surface area (Å²) >= 11 is 0. The van der Waals surface area contributed by atoms with Gasteiger partial charge in [-0.15, -0.1) is 0 Å². The molecule has 2 rings (SSSR count). The van der Waals surface area contributed by atoms with Crippen LogP contribution in [-0.2, 0) is 14.9 Å². The molecule has 5 heteroatoms. The Labute approximate surface area is 117 Å². The number of rotatable bonds is 4. The highest BCUT2D eigenvalue weighted by atomic mass is 19.1. The largest absolute Gasteiger partial charge is 0.384 e. The predicted molar refractivity (Wildman–Crippen MR) is 72.8 cm³/mol. The Bertz CT molecular complexity index is 453. The molecule has 1 amide bonds. The van der Waals surface area contributed by atoms with Crippen molar-refractivity contribution >= 4 is 5.91 Å². The lowest BCUT2D eigenvalue weighted by molar-refractivity contribution is -0.128. The van der Waals surface area contributed by atoms with E-state index in [0.717, 1.165) is 18.4 Å². The highest BCUT2D eigenvalue weighted by Crippen LogP contribution is 2.34. The summed E-state index contributed by atoms with van der Waals surface area (Å²) in [5.41, 5.74) is 0.740. The molecule has 1 fully saturated rings. The average molecular weight is 281 g/mol. The van der Waals surface area contributed by atoms with Crippen molar-refractivity contribution in [3.05, 3.63) is 35.6 Å². The number of aliphatic hydroxyl groups excluding tert-OH is 1. The van der Waals surface area contributed by atoms with Crippen molar-refractivity contribution in [3.63, 3.8) is 0 Å². The summed E-state index contributed by atoms with van der Waals surface area (Å²) in [7, 11) is 0. The lowest BCUT2D eigenvalue weighted by atomic mass is 9.74. The zero-order chi connectivity index (χ0) is 14.6. The monoisotopic (exact) mass is 281 g/mol. The number of carbonyl (C=O) groups is 1. The van der Waals surface area contributed by atoms with Crippen molar-refractivity contribution in [2.24, 2.45) is 0 Å². The molecule has 4 nitrogen and oxygen atoms in total. The summed E-state index contributed by atoms with van der Waals surface area (Å²) < 4.78 is 18.5. The molecule has 0 bridgehead atoms. The molecule has 1 aromatic carbocycles. The highest BCUT2D eigenvalue weighted by Gasteiger charge is 2.35. The van der Waals surface area contributed by atoms with Crippen molar-refractivity contribution in [2.75, 3.05) is 19.8 Å². The van der Waals surface area contributed by atoms with Gasteiger partial charge in [-0.05, 0) is 37.5 Å². The van der Waals surface area contributed by atoms with Gasteiger partial charge in [0.05, 0.1) is 0 Å². The van der Waals surface area contributed by atoms with Gasteiger partial charge in [-0.1, -0.05) is 12.1 Å². The first-order valence-corrected chi connectivity index (χ1v) is 6.83. The van der Waals surface area contributed by atoms with Crippen LogP contribution >= 0.6 is 0 Å². The first-order valence-electron chi connectivity index (χ1n) is 6.83. The van der Waals surface area contributed by atoms with Gasteiger partial charge >= 0.3 is 0 Å². The topological polar surface area (TPSA) is 58.6 Å². The quantitative estimate of drug-likeness (QED) is 0.876. The minimum Gasteiger partial charge on any atom is -0.384 e. The van der Waals surface area contributed by atoms with Gasteiger partial charge in [0.15, 0.2) is 0 Å². The summed E-state index contributed by atoms with van der Waals surface area (Å²) in [5.74, 6) is -0.665. The molecule has 0 aromatic heterocycles. The van der Waals surface area contributed by atoms with E-state index in [9.17, 15) is 14.3 Å². The maximum Gasteiger partial charge on any atom is 0.248 e. The van der Waals surface area contributed by atoms with E-state index in [-0.39, 0.29) is 11.2 Å². The second-order valence-electron chi connectivity index (χ2n) is 5.29. The number of carbonyl (C=O) groups excluding carboxylic acids is 1. The van der Waals surface area contributed by atoms with Crippen LogP contribution in [0.25, 0.3) is 0 Å². The van der Waals surface area contributed by atoms with E-state index in [4.69, 9.17) is 4.74 Å². The fourth-order valence-corrected chi connectivity index (χ4v) is 2.54. The fraction of sp³-hybridized carbons (Fsp3) is 0.533. The van der Waals surface area contributed by atoms with E-state index >= 15 is 0 Å². The highest BCUT2D eigenvalue weighted by molar-refractivity contribution is 5.80. The Morgan fingerprint density at radius 1 is 1.40 bits per heavy atom. The van der Waals surface area contributed by atoms with Gasteiger partial charge in [0.1, 0.15) is 11.9 Å². The van der Waals surface area contributed by atoms with Crippen LogP contribution in [0.3, 0.4) is 0 Å². The van der Waals surface area contributed by atoms with Crippen molar-refractivity contribution in [2.45, 2.75) is 31.3 Å². The van der Waals surface area contributed by atoms with Crippen LogP contribution in [-0.4, -0.2) is 36.9 Å². The van der Waals surface area contributed by atoms with Crippen LogP contribution in [0.5, 0.6) is 0 Å². The van der Waals surface area contributed by atoms with Crippen molar-refractivity contribution in [3.8, 4) is 0 Å². The number of nitrogens with one attached hydrogen (secondary N) is 1. The number of amides is 1. The van der Waals surface area contributed by atoms with Gasteiger partial charge in [-0.2, -0.15) is 0 Å². The molecule has 0 spiro atoms. The lowest BCUT2D eigenvalue weighted by Crippen LogP contribution is -2.46. The summed E-state index contributed by atoms with van der Waals surface area (Å²) in [6, 6.07) is 6.39. The Balaban J connectivity index is 2.17. The molecule has 0 radical (unpaired) electrons. The van der Waals surface area contributed by atoms with Gasteiger partial charge in [-0.3, -0.25) is 4.79 Å². The third-order valence-corrected chi connectivity index (χ3v) is 3.89. The molecule has 0 aliphatic carbocycles. The second-order valence-corrected chi connectivity index (χ2v) is 5.29. The average Bonchev–Trinajstić information content (AvgIpc) is 2.46. The molecule has 20 heavy (non-hydrogen) atoms. The molecule has 1 heterocycles. The van der Waals surface area contributed by atoms with Crippen LogP contribution in [0.2, 0.25) is 0 Å². The maximum absolute atomic E-state index is 13.1. The Hall–Kier alpha value is -1.46. The van der Waals surface area contributed by atoms with E-state index in [1.165, 1.54) is 19.1 Å². The molecule has 1 saturated heterocycles. The summed E-state index contributed by atoms with van der Waals surface area (Å²) in [5, 5.41) is 12.0. The number of hydrogen-bond acceptors (Lipinski definition) is 3. The third kappa shape index (κ3) is 3.35. The molecular formula is C15H20FNO3. The van der Waals surface area contributed by atoms with E-state index in [0.29, 0.717) is 19.8 Å². The van der Waals surface area contributed by atoms with Gasteiger partial charge < -0.3 is 15.2 Å². The van der Waals surface area contributed by atoms with Gasteiger partial charge in [0.25, 0.3) is 0 Å². The molecule has 1 atom stereocenters. The second kappa shape index (κ2) is 6.33. The van der Waals surface area contributed by atoms with Crippen LogP contribution in [0, 0.1) is 5.82 Å². The van der Waals surface area contributed by atoms with E-state index in [2.05, 4.69) is 5.32 Å². The van der Waals surface area contributed by atoms with Crippen LogP contribution < -0.4 is 5.32 Å². The first kappa shape index (κ1) is 14.9. The van der Waals surface area contributed by atoms with E-state index < -0.39 is 12.0 Å². The number of hydrogen-bond donors (Lipinski definition) is 2. The molecular weight excluding hydrogens is 261 g/mol. The smallest absolute Gasteiger partial charge is 0.248 e. The minimum absolute atomic E-state index is 0.253. The van der Waals surface area contributed by atoms with E-state index in [1.54, 1.807) is 12.1 Å². The maximum atomic E-state index is 13.1. The summed E-state index contributed by atoms with van der Waals surface area (Å²) in [6.07, 6.45) is 0.498. The van der Waals surface area contributed by atoms with Crippen molar-refractivity contribution in [1.82, 2.24) is 5.32 Å². The molecule has 2 N–H and O–H groups in total. The molecule has 0 saturated carbocycles. The van der Waals surface area contributed by atoms with Crippen LogP contribution in [0.4, 0.5) is 4.39 Å². The predicted octanol–water partition coefficient (Wildman–Crippen LogP) is 1.37. The standard InChI is InChI=1S/C15H20FNO3/c1-11(18)14(19)17-10-15(6-8-20-9-7-15)12-2-4-13(16)5-3-12/h2-5,11,18H,6-10H2,1H3,(H,17,19). The molecule has 1 aliphatic rings. The van der Waals surface area contributed by atoms with Gasteiger partial charge in [-0.25, -0.2) is 4.39 Å². The zero-order valence-corrected chi connectivity index (χ0v) is 11.6. The number of halogens is 1. The molecule has 1 aromatic rings. The SMILES string of the molecule is CC(O)C(=O)NCC1(c2ccc(F)cc2)CCOCC1. The zero-order valence-electron chi connectivity index (χ0n) is 11.6. The Morgan fingerprint density at radius 2 is 2.00 bits per heavy atom. The first-order chi connectivity index (χ1) is 9.53. The van der Waals surface area contributed by atoms with Crippen molar-refractivity contribution < 1.29 is 19.0 Å². The third-order valence-electron chi connectivity index (χ3n) is 3.89. The van der Waals surface area contributed by atoms with E-state index in [1.807, 2.05) is 0 Å². The normalized spacial score (nSPS) is 19.4. The lowest BCUT2D eigenvalue weighted by Gasteiger charge is -2.38. The fourth-order valence-electron chi connectivity index (χ4n) is 2.54. The molecule has 1 unspecified atom stereocenters. The summed E-state index contributed by atoms with van der Waals surface area (Å²) in [6.45, 7) is 3.08. The van der Waals surface area contributed by atoms with Gasteiger partial charge in [0.2, 0.25) is 5.91 Å². The Kier molecular flexibility index (Phi) is 4.73. The minimum atomic E-state index is -1.03. The van der Waals surface area contributed by atoms with Gasteiger partial charge in [0, 0.05) is 25.2 Å². The molecule has 110 valence electrons. The number of benzene rings is 1. The number of ether oxygens (including phenoxy) is 1. The summed E-state index contributed by atoms with van der Waals surface area (Å²) in [4.78, 5) is 11.6. The van der Waals surface area contributed by atoms with Crippen LogP contribution in [0.1, 0.15) is 25.3 Å². The van der Waals surface area contributed by atoms with Crippen LogP contribution in [0.15, 0.2) is 24.3 Å². The molecule has 1 aliphatic heterocycles. The van der Waals surface area contributed by atoms with Crippen molar-refractivity contribution in [1.29, 1.82) is 0 Å².